The van der Waals surface area contributed by atoms with E-state index in [0.717, 1.165) is 31.8 Å². The normalized spacial score (nSPS) is 14.2. The van der Waals surface area contributed by atoms with Gasteiger partial charge >= 0.3 is 5.97 Å². The summed E-state index contributed by atoms with van der Waals surface area (Å²) >= 11 is 0. The predicted molar refractivity (Wildman–Crippen MR) is 97.3 cm³/mol. The van der Waals surface area contributed by atoms with Crippen LogP contribution in [0.4, 0.5) is 0 Å². The number of unbranched alkanes of at least 4 members (excludes halogenated alkanes) is 4. The lowest BCUT2D eigenvalue weighted by molar-refractivity contribution is -0.131. The summed E-state index contributed by atoms with van der Waals surface area (Å²) in [6.07, 6.45) is 25.4. The molecule has 0 fully saturated rings. The Hall–Kier alpha value is -1.87. The van der Waals surface area contributed by atoms with Gasteiger partial charge in [-0.1, -0.05) is 80.9 Å². The molecule has 1 unspecified atom stereocenters. The summed E-state index contributed by atoms with van der Waals surface area (Å²) in [5, 5.41) is 17.8. The molecule has 0 aliphatic carbocycles. The fraction of sp³-hybridized carbons (Fsp3) is 0.450. The van der Waals surface area contributed by atoms with Gasteiger partial charge in [-0.05, 0) is 25.7 Å². The van der Waals surface area contributed by atoms with Crippen molar-refractivity contribution in [3.63, 3.8) is 0 Å². The molecule has 0 saturated heterocycles. The molecule has 3 nitrogen and oxygen atoms in total. The number of carboxylic acids is 1. The first-order valence-corrected chi connectivity index (χ1v) is 8.41. The van der Waals surface area contributed by atoms with Gasteiger partial charge in [-0.2, -0.15) is 0 Å². The maximum Gasteiger partial charge on any atom is 0.328 e. The number of rotatable bonds is 13. The Morgan fingerprint density at radius 2 is 1.43 bits per heavy atom. The van der Waals surface area contributed by atoms with Crippen LogP contribution in [0.2, 0.25) is 0 Å². The highest BCUT2D eigenvalue weighted by atomic mass is 16.4. The second-order valence-electron chi connectivity index (χ2n) is 5.33. The van der Waals surface area contributed by atoms with Crippen molar-refractivity contribution in [2.45, 2.75) is 58.0 Å². The van der Waals surface area contributed by atoms with Crippen molar-refractivity contribution in [2.24, 2.45) is 0 Å². The van der Waals surface area contributed by atoms with Crippen molar-refractivity contribution in [3.05, 3.63) is 60.8 Å². The highest BCUT2D eigenvalue weighted by molar-refractivity contribution is 5.80. The highest BCUT2D eigenvalue weighted by Gasteiger charge is 1.98. The molecule has 0 amide bonds. The van der Waals surface area contributed by atoms with E-state index < -0.39 is 5.97 Å². The third-order valence-corrected chi connectivity index (χ3v) is 3.28. The van der Waals surface area contributed by atoms with Gasteiger partial charge in [0.05, 0.1) is 6.10 Å². The summed E-state index contributed by atoms with van der Waals surface area (Å²) in [6, 6.07) is 0. The van der Waals surface area contributed by atoms with Gasteiger partial charge in [0.1, 0.15) is 0 Å². The molecule has 0 aliphatic rings. The van der Waals surface area contributed by atoms with Crippen LogP contribution in [0, 0.1) is 0 Å². The van der Waals surface area contributed by atoms with Gasteiger partial charge in [0.15, 0.2) is 0 Å². The largest absolute Gasteiger partial charge is 0.478 e. The predicted octanol–water partition coefficient (Wildman–Crippen LogP) is 4.96. The van der Waals surface area contributed by atoms with E-state index >= 15 is 0 Å². The number of allylic oxidation sites excluding steroid dienone is 9. The van der Waals surface area contributed by atoms with E-state index in [1.54, 1.807) is 12.2 Å². The fourth-order valence-corrected chi connectivity index (χ4v) is 1.90. The van der Waals surface area contributed by atoms with Crippen LogP contribution in [0.3, 0.4) is 0 Å². The molecule has 0 aromatic carbocycles. The van der Waals surface area contributed by atoms with E-state index in [9.17, 15) is 9.90 Å². The van der Waals surface area contributed by atoms with Crippen LogP contribution in [0.15, 0.2) is 60.8 Å². The van der Waals surface area contributed by atoms with E-state index in [0.29, 0.717) is 0 Å². The van der Waals surface area contributed by atoms with Crippen LogP contribution in [0.25, 0.3) is 0 Å². The highest BCUT2D eigenvalue weighted by Crippen LogP contribution is 2.09. The summed E-state index contributed by atoms with van der Waals surface area (Å²) in [4.78, 5) is 10.2. The van der Waals surface area contributed by atoms with Crippen LogP contribution in [0.1, 0.15) is 51.9 Å². The number of aliphatic carboxylic acids is 1. The van der Waals surface area contributed by atoms with Crippen LogP contribution in [0.5, 0.6) is 0 Å². The molecule has 3 heteroatoms. The summed E-state index contributed by atoms with van der Waals surface area (Å²) in [6.45, 7) is 2.02. The number of aliphatic hydroxyl groups is 1. The van der Waals surface area contributed by atoms with Crippen molar-refractivity contribution >= 4 is 5.97 Å². The standard InChI is InChI=1S/C20H30O3/c1-2-19(21)17-15-13-11-9-7-5-3-4-6-8-10-12-14-16-18-20(22)23/h3-6,8,10,12,14,16,18-19,21H,2,7,9,11,13,15,17H2,1H3,(H,22,23). The molecular formula is C20H30O3. The number of carboxylic acid groups (broad SMARTS) is 1. The first-order valence-electron chi connectivity index (χ1n) is 8.41. The molecule has 0 aromatic heterocycles. The van der Waals surface area contributed by atoms with Gasteiger partial charge in [0, 0.05) is 6.08 Å². The average molecular weight is 318 g/mol. The maximum absolute atomic E-state index is 10.2. The summed E-state index contributed by atoms with van der Waals surface area (Å²) < 4.78 is 0. The zero-order valence-electron chi connectivity index (χ0n) is 14.1. The third-order valence-electron chi connectivity index (χ3n) is 3.28. The Kier molecular flexibility index (Phi) is 15.2. The first-order chi connectivity index (χ1) is 11.2. The maximum atomic E-state index is 10.2. The van der Waals surface area contributed by atoms with Gasteiger partial charge in [-0.25, -0.2) is 4.79 Å². The smallest absolute Gasteiger partial charge is 0.328 e. The minimum Gasteiger partial charge on any atom is -0.478 e. The molecule has 23 heavy (non-hydrogen) atoms. The van der Waals surface area contributed by atoms with Gasteiger partial charge in [-0.15, -0.1) is 0 Å². The topological polar surface area (TPSA) is 57.5 Å². The van der Waals surface area contributed by atoms with Crippen molar-refractivity contribution in [3.8, 4) is 0 Å². The minimum absolute atomic E-state index is 0.115. The van der Waals surface area contributed by atoms with Gasteiger partial charge in [-0.3, -0.25) is 0 Å². The lowest BCUT2D eigenvalue weighted by Crippen LogP contribution is -2.03. The summed E-state index contributed by atoms with van der Waals surface area (Å²) in [5.74, 6) is -0.942. The zero-order chi connectivity index (χ0) is 17.2. The van der Waals surface area contributed by atoms with Crippen LogP contribution >= 0.6 is 0 Å². The molecule has 0 spiro atoms. The van der Waals surface area contributed by atoms with Crippen molar-refractivity contribution in [2.75, 3.05) is 0 Å². The Balaban J connectivity index is 3.54. The molecule has 0 rings (SSSR count). The molecule has 0 radical (unpaired) electrons. The second kappa shape index (κ2) is 16.5. The Labute approximate surface area is 140 Å². The second-order valence-corrected chi connectivity index (χ2v) is 5.33. The quantitative estimate of drug-likeness (QED) is 0.286. The van der Waals surface area contributed by atoms with Crippen LogP contribution in [-0.4, -0.2) is 22.3 Å². The molecular weight excluding hydrogens is 288 g/mol. The van der Waals surface area contributed by atoms with E-state index in [1.807, 2.05) is 37.3 Å². The fourth-order valence-electron chi connectivity index (χ4n) is 1.90. The van der Waals surface area contributed by atoms with Crippen molar-refractivity contribution in [1.82, 2.24) is 0 Å². The van der Waals surface area contributed by atoms with E-state index in [1.165, 1.54) is 25.3 Å². The molecule has 0 bridgehead atoms. The monoisotopic (exact) mass is 318 g/mol. The van der Waals surface area contributed by atoms with Crippen molar-refractivity contribution in [1.29, 1.82) is 0 Å². The van der Waals surface area contributed by atoms with E-state index in [-0.39, 0.29) is 6.10 Å². The molecule has 0 saturated carbocycles. The summed E-state index contributed by atoms with van der Waals surface area (Å²) in [7, 11) is 0. The van der Waals surface area contributed by atoms with E-state index in [2.05, 4.69) is 6.08 Å². The van der Waals surface area contributed by atoms with Crippen LogP contribution < -0.4 is 0 Å². The third kappa shape index (κ3) is 18.1. The van der Waals surface area contributed by atoms with E-state index in [4.69, 9.17) is 5.11 Å². The number of hydrogen-bond donors (Lipinski definition) is 2. The molecule has 0 aliphatic heterocycles. The molecule has 0 aromatic rings. The first kappa shape index (κ1) is 21.1. The SMILES string of the molecule is CCC(O)CCCCCCC=CC=CC=CC=CC=CC(=O)O. The molecule has 2 N–H and O–H groups in total. The molecule has 128 valence electrons. The lowest BCUT2D eigenvalue weighted by Gasteiger charge is -2.06. The van der Waals surface area contributed by atoms with Gasteiger partial charge < -0.3 is 10.2 Å². The Morgan fingerprint density at radius 1 is 0.870 bits per heavy atom. The van der Waals surface area contributed by atoms with Gasteiger partial charge in [0.25, 0.3) is 0 Å². The average Bonchev–Trinajstić information content (AvgIpc) is 2.53. The Morgan fingerprint density at radius 3 is 2.04 bits per heavy atom. The van der Waals surface area contributed by atoms with Gasteiger partial charge in [0.2, 0.25) is 0 Å². The zero-order valence-corrected chi connectivity index (χ0v) is 14.1. The number of hydrogen-bond acceptors (Lipinski definition) is 2. The van der Waals surface area contributed by atoms with Crippen LogP contribution in [-0.2, 0) is 4.79 Å². The number of aliphatic hydroxyl groups excluding tert-OH is 1. The molecule has 0 heterocycles. The summed E-state index contributed by atoms with van der Waals surface area (Å²) in [5.41, 5.74) is 0. The van der Waals surface area contributed by atoms with Crippen molar-refractivity contribution < 1.29 is 15.0 Å². The Bertz CT molecular complexity index is 428. The molecule has 1 atom stereocenters. The number of carbonyl (C=O) groups is 1. The minimum atomic E-state index is -0.942. The lowest BCUT2D eigenvalue weighted by atomic mass is 10.1.